The van der Waals surface area contributed by atoms with E-state index in [0.29, 0.717) is 13.0 Å². The third-order valence-electron chi connectivity index (χ3n) is 4.84. The highest BCUT2D eigenvalue weighted by molar-refractivity contribution is 6.00. The molecule has 3 rings (SSSR count). The predicted molar refractivity (Wildman–Crippen MR) is 101 cm³/mol. The molecule has 138 valence electrons. The molecular formula is C21H26N2O3. The first kappa shape index (κ1) is 18.2. The van der Waals surface area contributed by atoms with Crippen molar-refractivity contribution < 1.29 is 14.0 Å². The zero-order valence-electron chi connectivity index (χ0n) is 15.2. The van der Waals surface area contributed by atoms with E-state index in [2.05, 4.69) is 24.4 Å². The molecule has 26 heavy (non-hydrogen) atoms. The molecule has 2 aromatic rings. The van der Waals surface area contributed by atoms with E-state index < -0.39 is 6.04 Å². The van der Waals surface area contributed by atoms with Crippen LogP contribution in [0.25, 0.3) is 0 Å². The van der Waals surface area contributed by atoms with E-state index in [4.69, 9.17) is 4.42 Å². The Labute approximate surface area is 154 Å². The minimum absolute atomic E-state index is 0.138. The van der Waals surface area contributed by atoms with Crippen molar-refractivity contribution in [3.05, 3.63) is 54.0 Å². The fraction of sp³-hybridized carbons (Fsp3) is 0.429. The number of amides is 2. The molecule has 1 aromatic carbocycles. The summed E-state index contributed by atoms with van der Waals surface area (Å²) in [5, 5.41) is 2.95. The fourth-order valence-electron chi connectivity index (χ4n) is 3.38. The zero-order chi connectivity index (χ0) is 18.4. The Bertz CT molecular complexity index is 722. The normalized spacial score (nSPS) is 16.7. The maximum Gasteiger partial charge on any atom is 0.290 e. The molecule has 2 heterocycles. The molecule has 1 aliphatic rings. The van der Waals surface area contributed by atoms with Gasteiger partial charge >= 0.3 is 0 Å². The van der Waals surface area contributed by atoms with Gasteiger partial charge in [-0.25, -0.2) is 0 Å². The number of furan rings is 1. The number of rotatable bonds is 7. The van der Waals surface area contributed by atoms with Crippen LogP contribution in [0.15, 0.2) is 47.1 Å². The molecule has 0 bridgehead atoms. The monoisotopic (exact) mass is 354 g/mol. The number of carbonyl (C=O) groups is 2. The standard InChI is InChI=1S/C21H26N2O3/c1-2-3-4-7-16-10-12-17(13-11-16)22-20(24)18-8-5-14-23(18)21(25)19-9-6-15-26-19/h6,9-13,15,18H,2-5,7-8,14H2,1H3,(H,22,24). The molecule has 1 unspecified atom stereocenters. The lowest BCUT2D eigenvalue weighted by Crippen LogP contribution is -2.43. The van der Waals surface area contributed by atoms with E-state index in [-0.39, 0.29) is 17.6 Å². The smallest absolute Gasteiger partial charge is 0.290 e. The molecule has 5 nitrogen and oxygen atoms in total. The summed E-state index contributed by atoms with van der Waals surface area (Å²) in [6.07, 6.45) is 7.67. The summed E-state index contributed by atoms with van der Waals surface area (Å²) in [7, 11) is 0. The van der Waals surface area contributed by atoms with Gasteiger partial charge in [-0.1, -0.05) is 31.9 Å². The van der Waals surface area contributed by atoms with Gasteiger partial charge in [0.2, 0.25) is 5.91 Å². The van der Waals surface area contributed by atoms with Gasteiger partial charge in [-0.3, -0.25) is 9.59 Å². The number of nitrogens with zero attached hydrogens (tertiary/aromatic N) is 1. The third kappa shape index (κ3) is 4.34. The van der Waals surface area contributed by atoms with Crippen molar-refractivity contribution >= 4 is 17.5 Å². The van der Waals surface area contributed by atoms with Gasteiger partial charge in [0.05, 0.1) is 6.26 Å². The van der Waals surface area contributed by atoms with Crippen LogP contribution in [0.5, 0.6) is 0 Å². The molecule has 5 heteroatoms. The van der Waals surface area contributed by atoms with Gasteiger partial charge in [0.25, 0.3) is 5.91 Å². The molecule has 2 amide bonds. The van der Waals surface area contributed by atoms with Crippen molar-refractivity contribution in [3.63, 3.8) is 0 Å². The van der Waals surface area contributed by atoms with Crippen LogP contribution >= 0.6 is 0 Å². The number of carbonyl (C=O) groups excluding carboxylic acids is 2. The molecule has 1 atom stereocenters. The molecule has 1 N–H and O–H groups in total. The Kier molecular flexibility index (Phi) is 6.10. The maximum atomic E-state index is 12.7. The van der Waals surface area contributed by atoms with Crippen LogP contribution in [0.3, 0.4) is 0 Å². The Morgan fingerprint density at radius 1 is 1.19 bits per heavy atom. The Hall–Kier alpha value is -2.56. The molecule has 1 fully saturated rings. The van der Waals surface area contributed by atoms with Crippen LogP contribution in [0.2, 0.25) is 0 Å². The minimum atomic E-state index is -0.447. The topological polar surface area (TPSA) is 62.6 Å². The van der Waals surface area contributed by atoms with Gasteiger partial charge in [-0.15, -0.1) is 0 Å². The number of unbranched alkanes of at least 4 members (excludes halogenated alkanes) is 2. The van der Waals surface area contributed by atoms with E-state index in [1.807, 2.05) is 12.1 Å². The molecule has 0 radical (unpaired) electrons. The maximum absolute atomic E-state index is 12.7. The van der Waals surface area contributed by atoms with Crippen molar-refractivity contribution in [1.29, 1.82) is 0 Å². The minimum Gasteiger partial charge on any atom is -0.459 e. The van der Waals surface area contributed by atoms with Crippen LogP contribution in [-0.2, 0) is 11.2 Å². The van der Waals surface area contributed by atoms with Crippen molar-refractivity contribution in [1.82, 2.24) is 4.90 Å². The van der Waals surface area contributed by atoms with Crippen molar-refractivity contribution in [2.75, 3.05) is 11.9 Å². The number of hydrogen-bond donors (Lipinski definition) is 1. The van der Waals surface area contributed by atoms with Crippen LogP contribution in [0.4, 0.5) is 5.69 Å². The van der Waals surface area contributed by atoms with Gasteiger partial charge in [0.15, 0.2) is 5.76 Å². The molecular weight excluding hydrogens is 328 g/mol. The molecule has 1 saturated heterocycles. The van der Waals surface area contributed by atoms with Crippen LogP contribution in [0, 0.1) is 0 Å². The number of aryl methyl sites for hydroxylation is 1. The summed E-state index contributed by atoms with van der Waals surface area (Å²) in [5.41, 5.74) is 2.05. The fourth-order valence-corrected chi connectivity index (χ4v) is 3.38. The predicted octanol–water partition coefficient (Wildman–Crippen LogP) is 4.26. The van der Waals surface area contributed by atoms with E-state index in [0.717, 1.165) is 18.5 Å². The lowest BCUT2D eigenvalue weighted by molar-refractivity contribution is -0.119. The quantitative estimate of drug-likeness (QED) is 0.756. The summed E-state index contributed by atoms with van der Waals surface area (Å²) in [5.74, 6) is -0.0822. The van der Waals surface area contributed by atoms with Crippen LogP contribution < -0.4 is 5.32 Å². The number of likely N-dealkylation sites (tertiary alicyclic amines) is 1. The molecule has 0 saturated carbocycles. The average Bonchev–Trinajstić information content (AvgIpc) is 3.35. The molecule has 1 aromatic heterocycles. The van der Waals surface area contributed by atoms with Crippen molar-refractivity contribution in [2.45, 2.75) is 51.5 Å². The van der Waals surface area contributed by atoms with Gasteiger partial charge in [-0.2, -0.15) is 0 Å². The van der Waals surface area contributed by atoms with Crippen molar-refractivity contribution in [3.8, 4) is 0 Å². The second-order valence-electron chi connectivity index (χ2n) is 6.78. The van der Waals surface area contributed by atoms with Crippen LogP contribution in [0.1, 0.15) is 55.1 Å². The molecule has 0 spiro atoms. The van der Waals surface area contributed by atoms with E-state index in [9.17, 15) is 9.59 Å². The number of nitrogens with one attached hydrogen (secondary N) is 1. The lowest BCUT2D eigenvalue weighted by Gasteiger charge is -2.23. The summed E-state index contributed by atoms with van der Waals surface area (Å²) in [4.78, 5) is 26.8. The van der Waals surface area contributed by atoms with Gasteiger partial charge in [0, 0.05) is 12.2 Å². The first-order valence-corrected chi connectivity index (χ1v) is 9.43. The Morgan fingerprint density at radius 3 is 2.69 bits per heavy atom. The van der Waals surface area contributed by atoms with E-state index in [1.165, 1.54) is 31.1 Å². The average molecular weight is 354 g/mol. The first-order valence-electron chi connectivity index (χ1n) is 9.43. The second-order valence-corrected chi connectivity index (χ2v) is 6.78. The number of hydrogen-bond acceptors (Lipinski definition) is 3. The lowest BCUT2D eigenvalue weighted by atomic mass is 10.1. The highest BCUT2D eigenvalue weighted by Crippen LogP contribution is 2.22. The van der Waals surface area contributed by atoms with E-state index >= 15 is 0 Å². The van der Waals surface area contributed by atoms with Gasteiger partial charge in [-0.05, 0) is 55.5 Å². The second kappa shape index (κ2) is 8.70. The van der Waals surface area contributed by atoms with Gasteiger partial charge < -0.3 is 14.6 Å². The molecule has 1 aliphatic heterocycles. The SMILES string of the molecule is CCCCCc1ccc(NC(=O)C2CCCN2C(=O)c2ccco2)cc1. The Balaban J connectivity index is 1.59. The van der Waals surface area contributed by atoms with E-state index in [1.54, 1.807) is 17.0 Å². The Morgan fingerprint density at radius 2 is 2.00 bits per heavy atom. The summed E-state index contributed by atoms with van der Waals surface area (Å²) < 4.78 is 5.18. The number of anilines is 1. The zero-order valence-corrected chi connectivity index (χ0v) is 15.2. The highest BCUT2D eigenvalue weighted by atomic mass is 16.3. The van der Waals surface area contributed by atoms with Crippen molar-refractivity contribution in [2.24, 2.45) is 0 Å². The summed E-state index contributed by atoms with van der Waals surface area (Å²) in [6.45, 7) is 2.77. The highest BCUT2D eigenvalue weighted by Gasteiger charge is 2.35. The van der Waals surface area contributed by atoms with Gasteiger partial charge in [0.1, 0.15) is 6.04 Å². The summed E-state index contributed by atoms with van der Waals surface area (Å²) >= 11 is 0. The van der Waals surface area contributed by atoms with Crippen LogP contribution in [-0.4, -0.2) is 29.3 Å². The first-order chi connectivity index (χ1) is 12.7. The summed E-state index contributed by atoms with van der Waals surface area (Å²) in [6, 6.07) is 10.9. The number of benzene rings is 1. The third-order valence-corrected chi connectivity index (χ3v) is 4.84. The molecule has 0 aliphatic carbocycles. The largest absolute Gasteiger partial charge is 0.459 e.